The van der Waals surface area contributed by atoms with Crippen LogP contribution in [-0.4, -0.2) is 22.9 Å². The van der Waals surface area contributed by atoms with Gasteiger partial charge in [0.05, 0.1) is 6.61 Å². The summed E-state index contributed by atoms with van der Waals surface area (Å²) in [5, 5.41) is 10.5. The second-order valence-corrected chi connectivity index (χ2v) is 2.02. The van der Waals surface area contributed by atoms with Crippen molar-refractivity contribution in [2.24, 2.45) is 5.16 Å². The van der Waals surface area contributed by atoms with E-state index >= 15 is 0 Å². The summed E-state index contributed by atoms with van der Waals surface area (Å²) < 4.78 is 14.1. The first kappa shape index (κ1) is 8.62. The van der Waals surface area contributed by atoms with Crippen molar-refractivity contribution in [1.82, 2.24) is 0 Å². The molecule has 0 aliphatic heterocycles. The fourth-order valence-electron chi connectivity index (χ4n) is 0.257. The van der Waals surface area contributed by atoms with Crippen molar-refractivity contribution in [2.75, 3.05) is 6.61 Å². The first-order chi connectivity index (χ1) is 4.27. The molecule has 0 aromatic rings. The average Bonchev–Trinajstić information content (AvgIpc) is 1.80. The molecular weight excluding hydrogens is 145 g/mol. The normalized spacial score (nSPS) is 14.3. The van der Waals surface area contributed by atoms with Crippen molar-refractivity contribution in [1.29, 1.82) is 0 Å². The van der Waals surface area contributed by atoms with Crippen LogP contribution in [0.4, 0.5) is 0 Å². The van der Waals surface area contributed by atoms with E-state index in [4.69, 9.17) is 10.1 Å². The lowest BCUT2D eigenvalue weighted by Crippen LogP contribution is -1.86. The maximum atomic E-state index is 9.82. The van der Waals surface area contributed by atoms with Gasteiger partial charge in [0.2, 0.25) is 0 Å². The molecule has 6 heteroatoms. The van der Waals surface area contributed by atoms with Crippen LogP contribution >= 0.6 is 8.25 Å². The zero-order valence-electron chi connectivity index (χ0n) is 4.65. The summed E-state index contributed by atoms with van der Waals surface area (Å²) in [6, 6.07) is 0. The SMILES string of the molecule is O=[PH](O)OCCC=NO. The molecule has 1 atom stereocenters. The Balaban J connectivity index is 3.01. The molecule has 0 aromatic carbocycles. The first-order valence-electron chi connectivity index (χ1n) is 2.29. The van der Waals surface area contributed by atoms with E-state index in [2.05, 4.69) is 9.68 Å². The van der Waals surface area contributed by atoms with Crippen molar-refractivity contribution in [3.63, 3.8) is 0 Å². The van der Waals surface area contributed by atoms with Gasteiger partial charge >= 0.3 is 8.25 Å². The van der Waals surface area contributed by atoms with Crippen LogP contribution in [0.15, 0.2) is 5.16 Å². The van der Waals surface area contributed by atoms with Gasteiger partial charge in [0.25, 0.3) is 0 Å². The van der Waals surface area contributed by atoms with Gasteiger partial charge in [0, 0.05) is 12.6 Å². The lowest BCUT2D eigenvalue weighted by atomic mass is 10.5. The molecule has 0 bridgehead atoms. The van der Waals surface area contributed by atoms with E-state index in [9.17, 15) is 4.57 Å². The minimum Gasteiger partial charge on any atom is -0.411 e. The van der Waals surface area contributed by atoms with Crippen molar-refractivity contribution >= 4 is 14.5 Å². The number of hydrogen-bond acceptors (Lipinski definition) is 4. The van der Waals surface area contributed by atoms with E-state index in [-0.39, 0.29) is 6.61 Å². The van der Waals surface area contributed by atoms with Gasteiger partial charge in [-0.3, -0.25) is 4.57 Å². The van der Waals surface area contributed by atoms with E-state index in [1.165, 1.54) is 6.21 Å². The molecular formula is C3H8NO4P. The van der Waals surface area contributed by atoms with Gasteiger partial charge in [0.1, 0.15) is 0 Å². The van der Waals surface area contributed by atoms with Crippen LogP contribution in [0.5, 0.6) is 0 Å². The number of hydrogen-bond donors (Lipinski definition) is 2. The maximum absolute atomic E-state index is 9.82. The molecule has 0 aliphatic carbocycles. The highest BCUT2D eigenvalue weighted by molar-refractivity contribution is 7.32. The Morgan fingerprint density at radius 3 is 2.89 bits per heavy atom. The average molecular weight is 153 g/mol. The zero-order valence-corrected chi connectivity index (χ0v) is 5.65. The molecule has 0 fully saturated rings. The van der Waals surface area contributed by atoms with Crippen LogP contribution in [0.25, 0.3) is 0 Å². The summed E-state index contributed by atoms with van der Waals surface area (Å²) in [7, 11) is -2.81. The molecule has 0 saturated carbocycles. The molecule has 0 radical (unpaired) electrons. The summed E-state index contributed by atoms with van der Waals surface area (Å²) in [6.45, 7) is 0.109. The van der Waals surface area contributed by atoms with Crippen molar-refractivity contribution in [3.8, 4) is 0 Å². The Hall–Kier alpha value is -0.380. The monoisotopic (exact) mass is 153 g/mol. The van der Waals surface area contributed by atoms with Crippen LogP contribution in [0.1, 0.15) is 6.42 Å². The van der Waals surface area contributed by atoms with Gasteiger partial charge in [-0.25, -0.2) is 0 Å². The Morgan fingerprint density at radius 2 is 2.44 bits per heavy atom. The smallest absolute Gasteiger partial charge is 0.316 e. The quantitative estimate of drug-likeness (QED) is 0.199. The maximum Gasteiger partial charge on any atom is 0.316 e. The van der Waals surface area contributed by atoms with Crippen LogP contribution in [0, 0.1) is 0 Å². The zero-order chi connectivity index (χ0) is 7.11. The highest BCUT2D eigenvalue weighted by atomic mass is 31.1. The van der Waals surface area contributed by atoms with Crippen molar-refractivity contribution < 1.29 is 19.2 Å². The molecule has 0 aliphatic rings. The Bertz CT molecular complexity index is 114. The summed E-state index contributed by atoms with van der Waals surface area (Å²) in [4.78, 5) is 8.07. The highest BCUT2D eigenvalue weighted by Crippen LogP contribution is 2.13. The third kappa shape index (κ3) is 7.62. The summed E-state index contributed by atoms with van der Waals surface area (Å²) in [5.74, 6) is 0. The van der Waals surface area contributed by atoms with Crippen LogP contribution < -0.4 is 0 Å². The predicted octanol–water partition coefficient (Wildman–Crippen LogP) is 0.235. The van der Waals surface area contributed by atoms with Crippen molar-refractivity contribution in [3.05, 3.63) is 0 Å². The third-order valence-corrected chi connectivity index (χ3v) is 1.01. The molecule has 0 rings (SSSR count). The second kappa shape index (κ2) is 5.75. The molecule has 0 saturated heterocycles. The van der Waals surface area contributed by atoms with E-state index in [0.717, 1.165) is 0 Å². The molecule has 0 spiro atoms. The van der Waals surface area contributed by atoms with Crippen molar-refractivity contribution in [2.45, 2.75) is 6.42 Å². The first-order valence-corrected chi connectivity index (χ1v) is 3.55. The van der Waals surface area contributed by atoms with Crippen LogP contribution in [-0.2, 0) is 9.09 Å². The van der Waals surface area contributed by atoms with Gasteiger partial charge in [-0.05, 0) is 0 Å². The lowest BCUT2D eigenvalue weighted by Gasteiger charge is -1.92. The lowest BCUT2D eigenvalue weighted by molar-refractivity contribution is 0.286. The van der Waals surface area contributed by atoms with Gasteiger partial charge in [-0.2, -0.15) is 0 Å². The second-order valence-electron chi connectivity index (χ2n) is 1.20. The topological polar surface area (TPSA) is 79.1 Å². The molecule has 2 N–H and O–H groups in total. The fourth-order valence-corrected chi connectivity index (χ4v) is 0.549. The minimum absolute atomic E-state index is 0.109. The van der Waals surface area contributed by atoms with Crippen LogP contribution in [0.3, 0.4) is 0 Å². The molecule has 0 amide bonds. The largest absolute Gasteiger partial charge is 0.411 e. The molecule has 9 heavy (non-hydrogen) atoms. The number of nitrogens with zero attached hydrogens (tertiary/aromatic N) is 1. The molecule has 5 nitrogen and oxygen atoms in total. The number of oxime groups is 1. The molecule has 0 aromatic heterocycles. The van der Waals surface area contributed by atoms with E-state index in [0.29, 0.717) is 6.42 Å². The molecule has 0 heterocycles. The standard InChI is InChI=1S/C3H8NO4P/c5-4-2-1-3-8-9(6)7/h2,5,9H,1,3H2,(H,6,7). The third-order valence-electron chi connectivity index (χ3n) is 0.554. The molecule has 54 valence electrons. The van der Waals surface area contributed by atoms with E-state index in [1.54, 1.807) is 0 Å². The van der Waals surface area contributed by atoms with Gasteiger partial charge in [-0.15, -0.1) is 5.16 Å². The van der Waals surface area contributed by atoms with E-state index in [1.807, 2.05) is 0 Å². The Kier molecular flexibility index (Phi) is 5.51. The Labute approximate surface area is 52.9 Å². The fraction of sp³-hybridized carbons (Fsp3) is 0.667. The molecule has 1 unspecified atom stereocenters. The van der Waals surface area contributed by atoms with Gasteiger partial charge in [0.15, 0.2) is 0 Å². The summed E-state index contributed by atoms with van der Waals surface area (Å²) in [5.41, 5.74) is 0. The van der Waals surface area contributed by atoms with Gasteiger partial charge < -0.3 is 14.6 Å². The highest BCUT2D eigenvalue weighted by Gasteiger charge is 1.88. The van der Waals surface area contributed by atoms with E-state index < -0.39 is 8.25 Å². The summed E-state index contributed by atoms with van der Waals surface area (Å²) >= 11 is 0. The number of rotatable bonds is 4. The predicted molar refractivity (Wildman–Crippen MR) is 32.1 cm³/mol. The Morgan fingerprint density at radius 1 is 1.78 bits per heavy atom. The van der Waals surface area contributed by atoms with Gasteiger partial charge in [-0.1, -0.05) is 0 Å². The minimum atomic E-state index is -2.81. The van der Waals surface area contributed by atoms with Crippen LogP contribution in [0.2, 0.25) is 0 Å². The summed E-state index contributed by atoms with van der Waals surface area (Å²) in [6.07, 6.45) is 1.53.